The topological polar surface area (TPSA) is 41.1 Å². The zero-order valence-corrected chi connectivity index (χ0v) is 13.4. The van der Waals surface area contributed by atoms with Gasteiger partial charge in [0.1, 0.15) is 0 Å². The van der Waals surface area contributed by atoms with Gasteiger partial charge < -0.3 is 10.6 Å². The molecule has 0 bridgehead atoms. The molecule has 1 aromatic rings. The van der Waals surface area contributed by atoms with Crippen molar-refractivity contribution in [1.29, 1.82) is 0 Å². The molecular formula is C17H23F3N2O. The van der Waals surface area contributed by atoms with E-state index in [1.54, 1.807) is 19.9 Å². The van der Waals surface area contributed by atoms with E-state index in [0.717, 1.165) is 32.0 Å². The molecular weight excluding hydrogens is 305 g/mol. The summed E-state index contributed by atoms with van der Waals surface area (Å²) in [5, 5.41) is 6.08. The van der Waals surface area contributed by atoms with E-state index in [4.69, 9.17) is 0 Å². The number of nitrogens with one attached hydrogen (secondary N) is 2. The van der Waals surface area contributed by atoms with Crippen LogP contribution in [0.5, 0.6) is 0 Å². The molecule has 2 atom stereocenters. The van der Waals surface area contributed by atoms with Crippen LogP contribution in [0, 0.1) is 5.92 Å². The summed E-state index contributed by atoms with van der Waals surface area (Å²) in [6, 6.07) is 5.20. The second kappa shape index (κ2) is 7.34. The van der Waals surface area contributed by atoms with Gasteiger partial charge in [-0.25, -0.2) is 0 Å². The van der Waals surface area contributed by atoms with Crippen molar-refractivity contribution in [2.45, 2.75) is 44.8 Å². The molecule has 3 nitrogen and oxygen atoms in total. The molecule has 128 valence electrons. The minimum absolute atomic E-state index is 0.0521. The summed E-state index contributed by atoms with van der Waals surface area (Å²) in [7, 11) is 0. The number of amides is 1. The lowest BCUT2D eigenvalue weighted by Gasteiger charge is -2.28. The Labute approximate surface area is 134 Å². The van der Waals surface area contributed by atoms with Crippen LogP contribution in [-0.2, 0) is 11.0 Å². The zero-order chi connectivity index (χ0) is 17.0. The van der Waals surface area contributed by atoms with Crippen LogP contribution in [0.15, 0.2) is 24.3 Å². The van der Waals surface area contributed by atoms with Gasteiger partial charge in [-0.2, -0.15) is 13.2 Å². The standard InChI is InChI=1S/C17H23F3N2O/c1-11(14-5-3-4-6-15(14)17(18,19)20)12(2)22-16(23)13-7-9-21-10-8-13/h3-6,11-13,21H,7-10H2,1-2H3,(H,22,23). The van der Waals surface area contributed by atoms with Crippen LogP contribution in [0.3, 0.4) is 0 Å². The largest absolute Gasteiger partial charge is 0.416 e. The third-order valence-corrected chi connectivity index (χ3v) is 4.59. The molecule has 0 aliphatic carbocycles. The first-order valence-electron chi connectivity index (χ1n) is 7.98. The van der Waals surface area contributed by atoms with Crippen LogP contribution < -0.4 is 10.6 Å². The van der Waals surface area contributed by atoms with E-state index in [0.29, 0.717) is 0 Å². The van der Waals surface area contributed by atoms with E-state index < -0.39 is 17.7 Å². The van der Waals surface area contributed by atoms with Crippen molar-refractivity contribution >= 4 is 5.91 Å². The normalized spacial score (nSPS) is 19.2. The Bertz CT molecular complexity index is 539. The van der Waals surface area contributed by atoms with Crippen molar-refractivity contribution in [2.24, 2.45) is 5.92 Å². The number of carbonyl (C=O) groups is 1. The van der Waals surface area contributed by atoms with Crippen LogP contribution in [0.2, 0.25) is 0 Å². The quantitative estimate of drug-likeness (QED) is 0.890. The molecule has 23 heavy (non-hydrogen) atoms. The van der Waals surface area contributed by atoms with Gasteiger partial charge in [0, 0.05) is 17.9 Å². The van der Waals surface area contributed by atoms with Crippen molar-refractivity contribution in [2.75, 3.05) is 13.1 Å². The maximum absolute atomic E-state index is 13.1. The Morgan fingerprint density at radius 2 is 1.83 bits per heavy atom. The number of halogens is 3. The fraction of sp³-hybridized carbons (Fsp3) is 0.588. The van der Waals surface area contributed by atoms with Crippen molar-refractivity contribution in [3.8, 4) is 0 Å². The molecule has 1 aliphatic rings. The van der Waals surface area contributed by atoms with Crippen LogP contribution in [0.4, 0.5) is 13.2 Å². The van der Waals surface area contributed by atoms with Crippen molar-refractivity contribution in [1.82, 2.24) is 10.6 Å². The predicted molar refractivity (Wildman–Crippen MR) is 83.1 cm³/mol. The van der Waals surface area contributed by atoms with E-state index in [-0.39, 0.29) is 23.4 Å². The average molecular weight is 328 g/mol. The lowest BCUT2D eigenvalue weighted by Crippen LogP contribution is -2.43. The number of rotatable bonds is 4. The van der Waals surface area contributed by atoms with Crippen LogP contribution in [0.1, 0.15) is 43.7 Å². The van der Waals surface area contributed by atoms with Crippen LogP contribution >= 0.6 is 0 Å². The molecule has 1 fully saturated rings. The summed E-state index contributed by atoms with van der Waals surface area (Å²) in [5.74, 6) is -0.530. The predicted octanol–water partition coefficient (Wildman–Crippen LogP) is 3.31. The highest BCUT2D eigenvalue weighted by atomic mass is 19.4. The highest BCUT2D eigenvalue weighted by Gasteiger charge is 2.35. The van der Waals surface area contributed by atoms with E-state index in [1.165, 1.54) is 12.1 Å². The molecule has 1 aliphatic heterocycles. The zero-order valence-electron chi connectivity index (χ0n) is 13.4. The molecule has 0 aromatic heterocycles. The maximum atomic E-state index is 13.1. The summed E-state index contributed by atoms with van der Waals surface area (Å²) in [4.78, 5) is 12.3. The number of alkyl halides is 3. The Morgan fingerprint density at radius 3 is 2.43 bits per heavy atom. The van der Waals surface area contributed by atoms with E-state index >= 15 is 0 Å². The molecule has 1 saturated heterocycles. The Morgan fingerprint density at radius 1 is 1.22 bits per heavy atom. The summed E-state index contributed by atoms with van der Waals surface area (Å²) in [6.45, 7) is 5.09. The summed E-state index contributed by atoms with van der Waals surface area (Å²) < 4.78 is 39.4. The molecule has 1 aromatic carbocycles. The molecule has 0 spiro atoms. The maximum Gasteiger partial charge on any atom is 0.416 e. The van der Waals surface area contributed by atoms with Gasteiger partial charge in [0.25, 0.3) is 0 Å². The second-order valence-corrected chi connectivity index (χ2v) is 6.20. The van der Waals surface area contributed by atoms with Crippen LogP contribution in [-0.4, -0.2) is 25.0 Å². The minimum Gasteiger partial charge on any atom is -0.353 e. The van der Waals surface area contributed by atoms with E-state index in [2.05, 4.69) is 10.6 Å². The van der Waals surface area contributed by atoms with Crippen molar-refractivity contribution in [3.63, 3.8) is 0 Å². The van der Waals surface area contributed by atoms with Crippen molar-refractivity contribution < 1.29 is 18.0 Å². The molecule has 1 heterocycles. The minimum atomic E-state index is -4.39. The Balaban J connectivity index is 2.08. The lowest BCUT2D eigenvalue weighted by atomic mass is 9.89. The Kier molecular flexibility index (Phi) is 5.68. The second-order valence-electron chi connectivity index (χ2n) is 6.20. The molecule has 6 heteroatoms. The van der Waals surface area contributed by atoms with Gasteiger partial charge in [-0.05, 0) is 44.5 Å². The monoisotopic (exact) mass is 328 g/mol. The summed E-state index contributed by atoms with van der Waals surface area (Å²) in [6.07, 6.45) is -2.85. The van der Waals surface area contributed by atoms with Gasteiger partial charge in [-0.1, -0.05) is 25.1 Å². The van der Waals surface area contributed by atoms with E-state index in [9.17, 15) is 18.0 Å². The number of piperidine rings is 1. The van der Waals surface area contributed by atoms with Gasteiger partial charge in [0.05, 0.1) is 5.56 Å². The molecule has 2 N–H and O–H groups in total. The summed E-state index contributed by atoms with van der Waals surface area (Å²) >= 11 is 0. The fourth-order valence-corrected chi connectivity index (χ4v) is 2.97. The smallest absolute Gasteiger partial charge is 0.353 e. The molecule has 0 radical (unpaired) electrons. The number of hydrogen-bond acceptors (Lipinski definition) is 2. The third-order valence-electron chi connectivity index (χ3n) is 4.59. The highest BCUT2D eigenvalue weighted by Crippen LogP contribution is 2.36. The van der Waals surface area contributed by atoms with Gasteiger partial charge in [0.2, 0.25) is 5.91 Å². The number of carbonyl (C=O) groups excluding carboxylic acids is 1. The first-order chi connectivity index (χ1) is 10.8. The Hall–Kier alpha value is -1.56. The first-order valence-corrected chi connectivity index (χ1v) is 7.98. The molecule has 0 saturated carbocycles. The third kappa shape index (κ3) is 4.47. The summed E-state index contributed by atoms with van der Waals surface area (Å²) in [5.41, 5.74) is -0.409. The fourth-order valence-electron chi connectivity index (χ4n) is 2.97. The number of hydrogen-bond donors (Lipinski definition) is 2. The molecule has 2 unspecified atom stereocenters. The first kappa shape index (κ1) is 17.8. The van der Waals surface area contributed by atoms with Gasteiger partial charge >= 0.3 is 6.18 Å². The lowest BCUT2D eigenvalue weighted by molar-refractivity contribution is -0.138. The number of benzene rings is 1. The SMILES string of the molecule is CC(NC(=O)C1CCNCC1)C(C)c1ccccc1C(F)(F)F. The highest BCUT2D eigenvalue weighted by molar-refractivity contribution is 5.79. The molecule has 1 amide bonds. The van der Waals surface area contributed by atoms with Gasteiger partial charge in [-0.15, -0.1) is 0 Å². The average Bonchev–Trinajstić information content (AvgIpc) is 2.54. The van der Waals surface area contributed by atoms with Crippen molar-refractivity contribution in [3.05, 3.63) is 35.4 Å². The van der Waals surface area contributed by atoms with Gasteiger partial charge in [0.15, 0.2) is 0 Å². The van der Waals surface area contributed by atoms with E-state index in [1.807, 2.05) is 0 Å². The van der Waals surface area contributed by atoms with Gasteiger partial charge in [-0.3, -0.25) is 4.79 Å². The van der Waals surface area contributed by atoms with Crippen LogP contribution in [0.25, 0.3) is 0 Å². The molecule has 2 rings (SSSR count).